The van der Waals surface area contributed by atoms with Crippen LogP contribution in [0.5, 0.6) is 5.75 Å². The first-order valence-electron chi connectivity index (χ1n) is 10.1. The number of ether oxygens (including phenoxy) is 1. The van der Waals surface area contributed by atoms with Gasteiger partial charge in [-0.2, -0.15) is 0 Å². The molecule has 0 fully saturated rings. The summed E-state index contributed by atoms with van der Waals surface area (Å²) in [5.74, 6) is 0.990. The van der Waals surface area contributed by atoms with E-state index < -0.39 is 0 Å². The first kappa shape index (κ1) is 21.2. The van der Waals surface area contributed by atoms with Gasteiger partial charge in [0, 0.05) is 35.8 Å². The fraction of sp³-hybridized carbons (Fsp3) is 0.304. The number of unbranched alkanes of at least 4 members (excludes halogenated alkanes) is 1. The van der Waals surface area contributed by atoms with Crippen molar-refractivity contribution in [1.82, 2.24) is 20.3 Å². The third-order valence-corrected chi connectivity index (χ3v) is 4.65. The van der Waals surface area contributed by atoms with Gasteiger partial charge in [0.1, 0.15) is 11.6 Å². The van der Waals surface area contributed by atoms with E-state index in [1.54, 1.807) is 25.4 Å². The van der Waals surface area contributed by atoms with Crippen LogP contribution >= 0.6 is 0 Å². The summed E-state index contributed by atoms with van der Waals surface area (Å²) in [6.07, 6.45) is 5.33. The fourth-order valence-electron chi connectivity index (χ4n) is 2.96. The van der Waals surface area contributed by atoms with Crippen molar-refractivity contribution in [2.75, 3.05) is 6.61 Å². The Hall–Kier alpha value is -3.48. The molecule has 2 heterocycles. The smallest absolute Gasteiger partial charge is 0.255 e. The van der Waals surface area contributed by atoms with E-state index in [2.05, 4.69) is 27.2 Å². The maximum absolute atomic E-state index is 12.5. The zero-order chi connectivity index (χ0) is 21.3. The summed E-state index contributed by atoms with van der Waals surface area (Å²) in [6.45, 7) is 4.89. The number of nitrogens with zero attached hydrogens (tertiary/aromatic N) is 2. The van der Waals surface area contributed by atoms with E-state index in [4.69, 9.17) is 4.74 Å². The van der Waals surface area contributed by atoms with E-state index in [0.29, 0.717) is 30.2 Å². The van der Waals surface area contributed by atoms with E-state index >= 15 is 0 Å². The highest BCUT2D eigenvalue weighted by atomic mass is 16.5. The average molecular weight is 406 g/mol. The van der Waals surface area contributed by atoms with E-state index in [-0.39, 0.29) is 17.9 Å². The quantitative estimate of drug-likeness (QED) is 0.532. The third kappa shape index (κ3) is 5.76. The van der Waals surface area contributed by atoms with Crippen molar-refractivity contribution >= 4 is 5.91 Å². The van der Waals surface area contributed by atoms with Crippen molar-refractivity contribution in [1.29, 1.82) is 0 Å². The van der Waals surface area contributed by atoms with Gasteiger partial charge in [0.2, 0.25) is 5.91 Å². The van der Waals surface area contributed by atoms with Crippen molar-refractivity contribution in [2.45, 2.75) is 39.7 Å². The molecule has 2 N–H and O–H groups in total. The lowest BCUT2D eigenvalue weighted by Gasteiger charge is -2.10. The first-order chi connectivity index (χ1) is 14.6. The van der Waals surface area contributed by atoms with Crippen LogP contribution in [0.4, 0.5) is 0 Å². The molecule has 0 spiro atoms. The average Bonchev–Trinajstić information content (AvgIpc) is 2.76. The number of carbonyl (C=O) groups is 1. The number of aromatic amines is 1. The summed E-state index contributed by atoms with van der Waals surface area (Å²) in [6, 6.07) is 11.2. The van der Waals surface area contributed by atoms with Gasteiger partial charge in [-0.1, -0.05) is 25.5 Å². The second-order valence-corrected chi connectivity index (χ2v) is 7.02. The zero-order valence-corrected chi connectivity index (χ0v) is 17.3. The Kier molecular flexibility index (Phi) is 7.32. The summed E-state index contributed by atoms with van der Waals surface area (Å²) in [5.41, 5.74) is 2.22. The Morgan fingerprint density at radius 3 is 2.83 bits per heavy atom. The molecule has 7 nitrogen and oxygen atoms in total. The Bertz CT molecular complexity index is 1050. The molecule has 0 saturated carbocycles. The number of aromatic nitrogens is 3. The topological polar surface area (TPSA) is 97.0 Å². The molecular formula is C23H26N4O3. The van der Waals surface area contributed by atoms with Crippen LogP contribution in [0.2, 0.25) is 0 Å². The summed E-state index contributed by atoms with van der Waals surface area (Å²) < 4.78 is 5.70. The van der Waals surface area contributed by atoms with Crippen LogP contribution in [-0.4, -0.2) is 27.5 Å². The minimum absolute atomic E-state index is 0.0336. The number of hydrogen-bond acceptors (Lipinski definition) is 5. The number of benzene rings is 1. The Morgan fingerprint density at radius 1 is 1.23 bits per heavy atom. The summed E-state index contributed by atoms with van der Waals surface area (Å²) in [5, 5.41) is 2.86. The van der Waals surface area contributed by atoms with E-state index in [9.17, 15) is 9.59 Å². The number of aryl methyl sites for hydroxylation is 1. The van der Waals surface area contributed by atoms with Crippen molar-refractivity contribution in [3.8, 4) is 17.1 Å². The number of pyridine rings is 1. The van der Waals surface area contributed by atoms with Gasteiger partial charge < -0.3 is 15.0 Å². The lowest BCUT2D eigenvalue weighted by molar-refractivity contribution is -0.120. The monoisotopic (exact) mass is 406 g/mol. The summed E-state index contributed by atoms with van der Waals surface area (Å²) >= 11 is 0. The van der Waals surface area contributed by atoms with Crippen molar-refractivity contribution < 1.29 is 9.53 Å². The largest absolute Gasteiger partial charge is 0.494 e. The number of amides is 1. The highest BCUT2D eigenvalue weighted by Crippen LogP contribution is 2.15. The third-order valence-electron chi connectivity index (χ3n) is 4.65. The highest BCUT2D eigenvalue weighted by Gasteiger charge is 2.13. The van der Waals surface area contributed by atoms with E-state index in [0.717, 1.165) is 29.7 Å². The van der Waals surface area contributed by atoms with Crippen LogP contribution in [0.15, 0.2) is 53.6 Å². The van der Waals surface area contributed by atoms with Crippen LogP contribution in [0.3, 0.4) is 0 Å². The van der Waals surface area contributed by atoms with E-state index in [1.807, 2.05) is 30.3 Å². The zero-order valence-electron chi connectivity index (χ0n) is 17.3. The first-order valence-corrected chi connectivity index (χ1v) is 10.1. The summed E-state index contributed by atoms with van der Waals surface area (Å²) in [4.78, 5) is 36.1. The molecule has 0 saturated heterocycles. The Balaban J connectivity index is 1.61. The molecule has 7 heteroatoms. The minimum Gasteiger partial charge on any atom is -0.494 e. The van der Waals surface area contributed by atoms with Gasteiger partial charge in [-0.15, -0.1) is 0 Å². The molecule has 0 atom stereocenters. The highest BCUT2D eigenvalue weighted by molar-refractivity contribution is 5.78. The molecule has 0 radical (unpaired) electrons. The summed E-state index contributed by atoms with van der Waals surface area (Å²) in [7, 11) is 0. The SMILES string of the molecule is CCCCOc1cccc(CNC(=O)Cc2c(C)nc(-c3cccnc3)[nH]c2=O)c1. The number of H-pyrrole nitrogens is 1. The standard InChI is InChI=1S/C23H26N4O3/c1-3-4-11-30-19-9-5-7-17(12-19)14-25-21(28)13-20-16(2)26-22(27-23(20)29)18-8-6-10-24-15-18/h5-10,12,15H,3-4,11,13-14H2,1-2H3,(H,25,28)(H,26,27,29). The molecule has 0 unspecified atom stereocenters. The van der Waals surface area contributed by atoms with Gasteiger partial charge in [-0.05, 0) is 43.2 Å². The maximum atomic E-state index is 12.5. The van der Waals surface area contributed by atoms with Crippen LogP contribution < -0.4 is 15.6 Å². The van der Waals surface area contributed by atoms with Gasteiger partial charge in [0.05, 0.1) is 13.0 Å². The molecule has 0 aliphatic rings. The predicted molar refractivity (Wildman–Crippen MR) is 115 cm³/mol. The van der Waals surface area contributed by atoms with Crippen LogP contribution in [0.25, 0.3) is 11.4 Å². The molecule has 156 valence electrons. The number of rotatable bonds is 9. The molecule has 0 aliphatic carbocycles. The fourth-order valence-corrected chi connectivity index (χ4v) is 2.96. The lowest BCUT2D eigenvalue weighted by atomic mass is 10.1. The van der Waals surface area contributed by atoms with Gasteiger partial charge in [-0.3, -0.25) is 14.6 Å². The Morgan fingerprint density at radius 2 is 2.10 bits per heavy atom. The number of hydrogen-bond donors (Lipinski definition) is 2. The van der Waals surface area contributed by atoms with Gasteiger partial charge in [0.15, 0.2) is 0 Å². The minimum atomic E-state index is -0.317. The van der Waals surface area contributed by atoms with Crippen LogP contribution in [0, 0.1) is 6.92 Å². The number of nitrogens with one attached hydrogen (secondary N) is 2. The van der Waals surface area contributed by atoms with Crippen LogP contribution in [0.1, 0.15) is 36.6 Å². The molecule has 3 rings (SSSR count). The predicted octanol–water partition coefficient (Wildman–Crippen LogP) is 3.18. The van der Waals surface area contributed by atoms with Crippen LogP contribution in [-0.2, 0) is 17.8 Å². The second-order valence-electron chi connectivity index (χ2n) is 7.02. The molecule has 1 aromatic carbocycles. The normalized spacial score (nSPS) is 10.6. The number of carbonyl (C=O) groups excluding carboxylic acids is 1. The molecular weight excluding hydrogens is 380 g/mol. The maximum Gasteiger partial charge on any atom is 0.255 e. The van der Waals surface area contributed by atoms with Crippen molar-refractivity contribution in [3.05, 3.63) is 76.0 Å². The molecule has 3 aromatic rings. The Labute approximate surface area is 175 Å². The molecule has 0 bridgehead atoms. The molecule has 30 heavy (non-hydrogen) atoms. The molecule has 2 aromatic heterocycles. The van der Waals surface area contributed by atoms with Gasteiger partial charge >= 0.3 is 0 Å². The van der Waals surface area contributed by atoms with Gasteiger partial charge in [0.25, 0.3) is 5.56 Å². The molecule has 0 aliphatic heterocycles. The van der Waals surface area contributed by atoms with Crippen molar-refractivity contribution in [2.24, 2.45) is 0 Å². The molecule has 1 amide bonds. The van der Waals surface area contributed by atoms with Gasteiger partial charge in [-0.25, -0.2) is 4.98 Å². The van der Waals surface area contributed by atoms with E-state index in [1.165, 1.54) is 0 Å². The second kappa shape index (κ2) is 10.3. The lowest BCUT2D eigenvalue weighted by Crippen LogP contribution is -2.28. The van der Waals surface area contributed by atoms with Crippen molar-refractivity contribution in [3.63, 3.8) is 0 Å².